The van der Waals surface area contributed by atoms with Crippen molar-refractivity contribution in [1.29, 1.82) is 0 Å². The van der Waals surface area contributed by atoms with E-state index in [0.717, 1.165) is 22.6 Å². The van der Waals surface area contributed by atoms with Gasteiger partial charge < -0.3 is 14.6 Å². The zero-order valence-corrected chi connectivity index (χ0v) is 14.0. The Morgan fingerprint density at radius 2 is 1.92 bits per heavy atom. The van der Waals surface area contributed by atoms with Crippen molar-refractivity contribution in [2.45, 2.75) is 26.9 Å². The maximum absolute atomic E-state index is 11.2. The molecule has 2 aromatic carbocycles. The molecule has 0 saturated heterocycles. The number of carbonyl (C=O) groups excluding carboxylic acids is 1. The fraction of sp³-hybridized carbons (Fsp3) is 0.263. The standard InChI is InChI=1S/C19H21N3O2/c1-14-7-9-16(10-8-14)24-12-11-22-18-6-4-3-5-17(18)21-19(22)13-20-15(2)23/h3-10H,11-13H2,1-2H3,(H,20,23). The second-order valence-electron chi connectivity index (χ2n) is 5.74. The van der Waals surface area contributed by atoms with E-state index in [2.05, 4.69) is 21.8 Å². The number of nitrogens with zero attached hydrogens (tertiary/aromatic N) is 2. The Morgan fingerprint density at radius 3 is 2.67 bits per heavy atom. The van der Waals surface area contributed by atoms with E-state index in [1.807, 2.05) is 48.5 Å². The average molecular weight is 323 g/mol. The Kier molecular flexibility index (Phi) is 4.79. The Hall–Kier alpha value is -2.82. The number of aromatic nitrogens is 2. The van der Waals surface area contributed by atoms with Crippen LogP contribution in [-0.4, -0.2) is 22.1 Å². The third-order valence-corrected chi connectivity index (χ3v) is 3.83. The molecule has 0 fully saturated rings. The van der Waals surface area contributed by atoms with E-state index in [1.54, 1.807) is 0 Å². The molecule has 124 valence electrons. The molecule has 3 rings (SSSR count). The number of rotatable bonds is 6. The summed E-state index contributed by atoms with van der Waals surface area (Å²) in [5.41, 5.74) is 3.18. The minimum atomic E-state index is -0.0653. The van der Waals surface area contributed by atoms with Gasteiger partial charge >= 0.3 is 0 Å². The summed E-state index contributed by atoms with van der Waals surface area (Å²) in [5, 5.41) is 2.81. The van der Waals surface area contributed by atoms with Crippen LogP contribution in [0.2, 0.25) is 0 Å². The Labute approximate surface area is 141 Å². The molecule has 1 amide bonds. The maximum Gasteiger partial charge on any atom is 0.217 e. The van der Waals surface area contributed by atoms with Gasteiger partial charge in [0, 0.05) is 6.92 Å². The van der Waals surface area contributed by atoms with Crippen LogP contribution < -0.4 is 10.1 Å². The zero-order valence-electron chi connectivity index (χ0n) is 14.0. The van der Waals surface area contributed by atoms with Crippen LogP contribution in [0.5, 0.6) is 5.75 Å². The lowest BCUT2D eigenvalue weighted by Crippen LogP contribution is -2.22. The predicted molar refractivity (Wildman–Crippen MR) is 93.9 cm³/mol. The van der Waals surface area contributed by atoms with Crippen molar-refractivity contribution < 1.29 is 9.53 Å². The monoisotopic (exact) mass is 323 g/mol. The van der Waals surface area contributed by atoms with Gasteiger partial charge in [0.25, 0.3) is 0 Å². The van der Waals surface area contributed by atoms with Crippen LogP contribution >= 0.6 is 0 Å². The molecule has 0 bridgehead atoms. The van der Waals surface area contributed by atoms with E-state index < -0.39 is 0 Å². The first-order valence-corrected chi connectivity index (χ1v) is 8.01. The summed E-state index contributed by atoms with van der Waals surface area (Å²) in [5.74, 6) is 1.62. The largest absolute Gasteiger partial charge is 0.492 e. The molecule has 24 heavy (non-hydrogen) atoms. The van der Waals surface area contributed by atoms with Crippen LogP contribution in [-0.2, 0) is 17.9 Å². The molecular weight excluding hydrogens is 302 g/mol. The van der Waals surface area contributed by atoms with Crippen LogP contribution in [0.4, 0.5) is 0 Å². The van der Waals surface area contributed by atoms with Crippen molar-refractivity contribution in [2.24, 2.45) is 0 Å². The number of ether oxygens (including phenoxy) is 1. The van der Waals surface area contributed by atoms with Gasteiger partial charge in [0.05, 0.1) is 24.1 Å². The van der Waals surface area contributed by atoms with Crippen molar-refractivity contribution in [2.75, 3.05) is 6.61 Å². The molecule has 5 heteroatoms. The van der Waals surface area contributed by atoms with Crippen LogP contribution in [0.15, 0.2) is 48.5 Å². The Bertz CT molecular complexity index is 837. The number of benzene rings is 2. The van der Waals surface area contributed by atoms with Crippen LogP contribution in [0.3, 0.4) is 0 Å². The molecule has 0 radical (unpaired) electrons. The summed E-state index contributed by atoms with van der Waals surface area (Å²) in [6.45, 7) is 5.18. The number of imidazole rings is 1. The molecule has 0 aliphatic rings. The topological polar surface area (TPSA) is 56.2 Å². The third-order valence-electron chi connectivity index (χ3n) is 3.83. The van der Waals surface area contributed by atoms with E-state index in [1.165, 1.54) is 12.5 Å². The zero-order chi connectivity index (χ0) is 16.9. The lowest BCUT2D eigenvalue weighted by molar-refractivity contribution is -0.119. The number of fused-ring (bicyclic) bond motifs is 1. The van der Waals surface area contributed by atoms with Crippen LogP contribution in [0, 0.1) is 6.92 Å². The van der Waals surface area contributed by atoms with E-state index in [4.69, 9.17) is 4.74 Å². The lowest BCUT2D eigenvalue weighted by atomic mass is 10.2. The molecule has 0 aliphatic heterocycles. The summed E-state index contributed by atoms with van der Waals surface area (Å²) < 4.78 is 7.92. The first-order chi connectivity index (χ1) is 11.6. The number of hydrogen-bond donors (Lipinski definition) is 1. The van der Waals surface area contributed by atoms with Crippen molar-refractivity contribution in [3.05, 3.63) is 59.9 Å². The predicted octanol–water partition coefficient (Wildman–Crippen LogP) is 3.06. The average Bonchev–Trinajstić information content (AvgIpc) is 2.93. The summed E-state index contributed by atoms with van der Waals surface area (Å²) in [6, 6.07) is 16.0. The smallest absolute Gasteiger partial charge is 0.217 e. The second kappa shape index (κ2) is 7.17. The number of para-hydroxylation sites is 2. The van der Waals surface area contributed by atoms with Gasteiger partial charge in [-0.1, -0.05) is 29.8 Å². The van der Waals surface area contributed by atoms with Gasteiger partial charge in [0.1, 0.15) is 18.2 Å². The van der Waals surface area contributed by atoms with Crippen molar-refractivity contribution in [3.8, 4) is 5.75 Å². The quantitative estimate of drug-likeness (QED) is 0.758. The molecule has 3 aromatic rings. The highest BCUT2D eigenvalue weighted by atomic mass is 16.5. The summed E-state index contributed by atoms with van der Waals surface area (Å²) in [7, 11) is 0. The van der Waals surface area contributed by atoms with E-state index >= 15 is 0 Å². The van der Waals surface area contributed by atoms with E-state index in [9.17, 15) is 4.79 Å². The Balaban J connectivity index is 1.75. The molecule has 1 N–H and O–H groups in total. The summed E-state index contributed by atoms with van der Waals surface area (Å²) in [6.07, 6.45) is 0. The van der Waals surface area contributed by atoms with Gasteiger partial charge in [-0.15, -0.1) is 0 Å². The van der Waals surface area contributed by atoms with Gasteiger partial charge in [-0.3, -0.25) is 4.79 Å². The summed E-state index contributed by atoms with van der Waals surface area (Å²) >= 11 is 0. The van der Waals surface area contributed by atoms with Crippen LogP contribution in [0.1, 0.15) is 18.3 Å². The first-order valence-electron chi connectivity index (χ1n) is 8.01. The highest BCUT2D eigenvalue weighted by molar-refractivity contribution is 5.76. The van der Waals surface area contributed by atoms with Gasteiger partial charge in [-0.25, -0.2) is 4.98 Å². The number of carbonyl (C=O) groups is 1. The number of nitrogens with one attached hydrogen (secondary N) is 1. The summed E-state index contributed by atoms with van der Waals surface area (Å²) in [4.78, 5) is 15.8. The fourth-order valence-electron chi connectivity index (χ4n) is 2.60. The molecule has 5 nitrogen and oxygen atoms in total. The number of aryl methyl sites for hydroxylation is 1. The molecular formula is C19H21N3O2. The molecule has 1 heterocycles. The van der Waals surface area contributed by atoms with E-state index in [0.29, 0.717) is 19.7 Å². The van der Waals surface area contributed by atoms with Crippen molar-refractivity contribution in [1.82, 2.24) is 14.9 Å². The number of amides is 1. The lowest BCUT2D eigenvalue weighted by Gasteiger charge is -2.11. The highest BCUT2D eigenvalue weighted by Crippen LogP contribution is 2.17. The third kappa shape index (κ3) is 3.74. The molecule has 0 atom stereocenters. The minimum Gasteiger partial charge on any atom is -0.492 e. The number of hydrogen-bond acceptors (Lipinski definition) is 3. The van der Waals surface area contributed by atoms with Gasteiger partial charge in [0.2, 0.25) is 5.91 Å². The van der Waals surface area contributed by atoms with Crippen molar-refractivity contribution >= 4 is 16.9 Å². The van der Waals surface area contributed by atoms with Gasteiger partial charge in [0.15, 0.2) is 0 Å². The van der Waals surface area contributed by atoms with Crippen molar-refractivity contribution in [3.63, 3.8) is 0 Å². The molecule has 0 aliphatic carbocycles. The second-order valence-corrected chi connectivity index (χ2v) is 5.74. The maximum atomic E-state index is 11.2. The molecule has 0 unspecified atom stereocenters. The molecule has 0 spiro atoms. The SMILES string of the molecule is CC(=O)NCc1nc2ccccc2n1CCOc1ccc(C)cc1. The van der Waals surface area contributed by atoms with Gasteiger partial charge in [-0.2, -0.15) is 0 Å². The molecule has 0 saturated carbocycles. The van der Waals surface area contributed by atoms with Gasteiger partial charge in [-0.05, 0) is 31.2 Å². The fourth-order valence-corrected chi connectivity index (χ4v) is 2.60. The normalized spacial score (nSPS) is 10.8. The first kappa shape index (κ1) is 16.1. The highest BCUT2D eigenvalue weighted by Gasteiger charge is 2.10. The minimum absolute atomic E-state index is 0.0653. The van der Waals surface area contributed by atoms with Crippen LogP contribution in [0.25, 0.3) is 11.0 Å². The Morgan fingerprint density at radius 1 is 1.17 bits per heavy atom. The van der Waals surface area contributed by atoms with E-state index in [-0.39, 0.29) is 5.91 Å². The molecule has 1 aromatic heterocycles.